The molecule has 0 spiro atoms. The van der Waals surface area contributed by atoms with Crippen LogP contribution in [0.2, 0.25) is 5.02 Å². The Morgan fingerprint density at radius 3 is 2.59 bits per heavy atom. The average Bonchev–Trinajstić information content (AvgIpc) is 3.10. The van der Waals surface area contributed by atoms with E-state index in [0.29, 0.717) is 16.4 Å². The summed E-state index contributed by atoms with van der Waals surface area (Å²) in [5.74, 6) is -0.294. The van der Waals surface area contributed by atoms with Gasteiger partial charge < -0.3 is 10.5 Å². The molecule has 1 amide bonds. The lowest BCUT2D eigenvalue weighted by Crippen LogP contribution is -2.44. The van der Waals surface area contributed by atoms with E-state index in [1.165, 1.54) is 11.8 Å². The summed E-state index contributed by atoms with van der Waals surface area (Å²) in [5, 5.41) is 13.2. The maximum absolute atomic E-state index is 12.5. The maximum atomic E-state index is 12.5. The van der Waals surface area contributed by atoms with Crippen LogP contribution in [0.1, 0.15) is 10.5 Å². The van der Waals surface area contributed by atoms with Crippen molar-refractivity contribution >= 4 is 46.3 Å². The predicted molar refractivity (Wildman–Crippen MR) is 113 cm³/mol. The van der Waals surface area contributed by atoms with Gasteiger partial charge in [0.2, 0.25) is 5.82 Å². The number of carbonyl (C=O) groups excluding carboxylic acids is 1. The fraction of sp³-hybridized carbons (Fsp3) is 0.0556. The monoisotopic (exact) mass is 429 g/mol. The van der Waals surface area contributed by atoms with Crippen molar-refractivity contribution in [3.05, 3.63) is 65.3 Å². The number of benzene rings is 2. The van der Waals surface area contributed by atoms with Crippen molar-refractivity contribution in [2.45, 2.75) is 0 Å². The van der Waals surface area contributed by atoms with E-state index in [4.69, 9.17) is 22.1 Å². The lowest BCUT2D eigenvalue weighted by Gasteiger charge is -2.05. The van der Waals surface area contributed by atoms with E-state index >= 15 is 0 Å². The number of halogens is 1. The maximum Gasteiger partial charge on any atom is 0.294 e. The summed E-state index contributed by atoms with van der Waals surface area (Å²) < 4.78 is 6.81. The van der Waals surface area contributed by atoms with Crippen molar-refractivity contribution in [2.24, 2.45) is 16.0 Å². The number of carbonyl (C=O) groups is 1. The molecule has 29 heavy (non-hydrogen) atoms. The lowest BCUT2D eigenvalue weighted by molar-refractivity contribution is 0.0935. The second kappa shape index (κ2) is 9.13. The Balaban J connectivity index is 2.10. The quantitative estimate of drug-likeness (QED) is 0.325. The minimum atomic E-state index is -0.619. The number of rotatable bonds is 5. The summed E-state index contributed by atoms with van der Waals surface area (Å²) in [6.45, 7) is 0. The number of methoxy groups -OCH3 is 1. The Morgan fingerprint density at radius 1 is 1.17 bits per heavy atom. The van der Waals surface area contributed by atoms with Crippen LogP contribution in [0.25, 0.3) is 5.69 Å². The minimum absolute atomic E-state index is 0.0433. The molecule has 2 aromatic carbocycles. The Labute approximate surface area is 176 Å². The molecule has 0 aliphatic heterocycles. The number of nitrogens with two attached hydrogens (primary N) is 1. The zero-order chi connectivity index (χ0) is 20.8. The Hall–Kier alpha value is -3.50. The van der Waals surface area contributed by atoms with Gasteiger partial charge in [0.15, 0.2) is 16.6 Å². The number of azo groups is 1. The van der Waals surface area contributed by atoms with Gasteiger partial charge in [0.25, 0.3) is 5.91 Å². The molecule has 0 atom stereocenters. The van der Waals surface area contributed by atoms with Crippen molar-refractivity contribution in [1.29, 1.82) is 0 Å². The topological polar surface area (TPSA) is 119 Å². The molecule has 1 aromatic heterocycles. The van der Waals surface area contributed by atoms with E-state index in [1.54, 1.807) is 36.4 Å². The highest BCUT2D eigenvalue weighted by atomic mass is 35.5. The van der Waals surface area contributed by atoms with E-state index in [1.807, 2.05) is 18.2 Å². The number of thiocarbonyl (C=S) groups is 1. The number of amides is 1. The molecule has 0 bridgehead atoms. The number of hydrogen-bond acceptors (Lipinski definition) is 6. The molecule has 0 saturated carbocycles. The molecule has 0 aliphatic carbocycles. The van der Waals surface area contributed by atoms with Crippen LogP contribution in [-0.4, -0.2) is 27.9 Å². The molecule has 0 aliphatic rings. The van der Waals surface area contributed by atoms with Crippen molar-refractivity contribution in [3.63, 3.8) is 0 Å². The number of nitrogens with zero attached hydrogens (tertiary/aromatic N) is 4. The summed E-state index contributed by atoms with van der Waals surface area (Å²) in [6.07, 6.45) is 0. The van der Waals surface area contributed by atoms with Crippen LogP contribution < -0.4 is 21.3 Å². The van der Waals surface area contributed by atoms with Gasteiger partial charge in [0.1, 0.15) is 0 Å². The van der Waals surface area contributed by atoms with Crippen LogP contribution >= 0.6 is 23.8 Å². The summed E-state index contributed by atoms with van der Waals surface area (Å²) in [4.78, 5) is 12.5. The van der Waals surface area contributed by atoms with E-state index in [0.717, 1.165) is 0 Å². The molecule has 0 fully saturated rings. The lowest BCUT2D eigenvalue weighted by atomic mass is 10.3. The van der Waals surface area contributed by atoms with E-state index < -0.39 is 5.91 Å². The van der Waals surface area contributed by atoms with E-state index in [2.05, 4.69) is 38.4 Å². The van der Waals surface area contributed by atoms with Gasteiger partial charge in [-0.25, -0.2) is 4.68 Å². The van der Waals surface area contributed by atoms with Gasteiger partial charge in [0.05, 0.1) is 18.5 Å². The molecule has 3 aromatic rings. The first kappa shape index (κ1) is 20.2. The Bertz CT molecular complexity index is 1070. The molecule has 0 radical (unpaired) electrons. The van der Waals surface area contributed by atoms with E-state index in [9.17, 15) is 4.79 Å². The highest BCUT2D eigenvalue weighted by molar-refractivity contribution is 7.80. The minimum Gasteiger partial charge on any atom is -0.491 e. The normalized spacial score (nSPS) is 10.7. The van der Waals surface area contributed by atoms with Crippen molar-refractivity contribution in [2.75, 3.05) is 7.11 Å². The number of ether oxygens (including phenoxy) is 1. The van der Waals surface area contributed by atoms with Gasteiger partial charge in [-0.1, -0.05) is 35.9 Å². The third-order valence-corrected chi connectivity index (χ3v) is 3.94. The summed E-state index contributed by atoms with van der Waals surface area (Å²) in [6, 6.07) is 16.0. The van der Waals surface area contributed by atoms with Crippen molar-refractivity contribution in [3.8, 4) is 11.4 Å². The Kier molecular flexibility index (Phi) is 6.37. The number of hydrogen-bond donors (Lipinski definition) is 3. The van der Waals surface area contributed by atoms with Gasteiger partial charge in [0, 0.05) is 5.02 Å². The van der Waals surface area contributed by atoms with Gasteiger partial charge in [-0.05, 0) is 42.5 Å². The van der Waals surface area contributed by atoms with E-state index in [-0.39, 0.29) is 22.4 Å². The molecule has 3 rings (SSSR count). The van der Waals surface area contributed by atoms with Gasteiger partial charge >= 0.3 is 0 Å². The highest BCUT2D eigenvalue weighted by Crippen LogP contribution is 2.35. The number of aromatic nitrogens is 2. The molecule has 148 valence electrons. The molecule has 1 heterocycles. The van der Waals surface area contributed by atoms with Crippen LogP contribution in [0.15, 0.2) is 64.8 Å². The molecule has 9 nitrogen and oxygen atoms in total. The van der Waals surface area contributed by atoms with Gasteiger partial charge in [-0.3, -0.25) is 15.6 Å². The smallest absolute Gasteiger partial charge is 0.294 e. The average molecular weight is 430 g/mol. The van der Waals surface area contributed by atoms with Crippen molar-refractivity contribution < 1.29 is 9.53 Å². The van der Waals surface area contributed by atoms with Gasteiger partial charge in [-0.15, -0.1) is 10.2 Å². The predicted octanol–water partition coefficient (Wildman–Crippen LogP) is 3.43. The van der Waals surface area contributed by atoms with Crippen LogP contribution in [0.5, 0.6) is 5.75 Å². The summed E-state index contributed by atoms with van der Waals surface area (Å²) >= 11 is 10.8. The fourth-order valence-corrected chi connectivity index (χ4v) is 2.62. The first-order valence-corrected chi connectivity index (χ1v) is 9.03. The Morgan fingerprint density at radius 2 is 1.93 bits per heavy atom. The SMILES string of the molecule is COc1c(C(=O)NNC(N)=S)nn(-c2cccc(Cl)c2)c1N=Nc1ccccc1. The number of hydrazine groups is 1. The summed E-state index contributed by atoms with van der Waals surface area (Å²) in [5.41, 5.74) is 11.2. The van der Waals surface area contributed by atoms with Crippen LogP contribution in [0.3, 0.4) is 0 Å². The fourth-order valence-electron chi connectivity index (χ4n) is 2.38. The molecular weight excluding hydrogens is 414 g/mol. The third kappa shape index (κ3) is 4.86. The molecule has 0 saturated heterocycles. The first-order valence-electron chi connectivity index (χ1n) is 8.25. The van der Waals surface area contributed by atoms with Crippen LogP contribution in [0, 0.1) is 0 Å². The van der Waals surface area contributed by atoms with Gasteiger partial charge in [-0.2, -0.15) is 5.10 Å². The summed E-state index contributed by atoms with van der Waals surface area (Å²) in [7, 11) is 1.40. The largest absolute Gasteiger partial charge is 0.491 e. The molecular formula is C18H16ClN7O2S. The molecule has 0 unspecified atom stereocenters. The number of nitrogens with one attached hydrogen (secondary N) is 2. The highest BCUT2D eigenvalue weighted by Gasteiger charge is 2.25. The molecule has 4 N–H and O–H groups in total. The van der Waals surface area contributed by atoms with Crippen LogP contribution in [-0.2, 0) is 0 Å². The second-order valence-electron chi connectivity index (χ2n) is 5.58. The second-order valence-corrected chi connectivity index (χ2v) is 6.45. The standard InChI is InChI=1S/C18H16ClN7O2S/c1-28-15-14(17(27)23-24-18(20)29)25-26(13-9-5-6-11(19)10-13)16(15)22-21-12-7-3-2-4-8-12/h2-10H,1H3,(H,23,27)(H3,20,24,29). The zero-order valence-corrected chi connectivity index (χ0v) is 16.7. The zero-order valence-electron chi connectivity index (χ0n) is 15.2. The van der Waals surface area contributed by atoms with Crippen molar-refractivity contribution in [1.82, 2.24) is 20.6 Å². The molecule has 11 heteroatoms. The van der Waals surface area contributed by atoms with Crippen LogP contribution in [0.4, 0.5) is 11.5 Å². The third-order valence-electron chi connectivity index (χ3n) is 3.61. The first-order chi connectivity index (χ1) is 14.0.